The molecule has 1 amide bonds. The smallest absolute Gasteiger partial charge is 0.267 e. The summed E-state index contributed by atoms with van der Waals surface area (Å²) < 4.78 is 5.26. The van der Waals surface area contributed by atoms with E-state index >= 15 is 0 Å². The van der Waals surface area contributed by atoms with E-state index in [4.69, 9.17) is 9.84 Å². The van der Waals surface area contributed by atoms with Gasteiger partial charge in [0, 0.05) is 26.2 Å². The second-order valence-electron chi connectivity index (χ2n) is 5.50. The van der Waals surface area contributed by atoms with E-state index in [2.05, 4.69) is 10.4 Å². The van der Waals surface area contributed by atoms with E-state index in [1.54, 1.807) is 5.01 Å². The lowest BCUT2D eigenvalue weighted by atomic mass is 10.1. The molecular weight excluding hydrogens is 310 g/mol. The number of carbonyl (C=O) groups excluding carboxylic acids is 2. The molecule has 0 bridgehead atoms. The van der Waals surface area contributed by atoms with Crippen LogP contribution in [0.15, 0.2) is 35.4 Å². The molecule has 1 aromatic carbocycles. The van der Waals surface area contributed by atoms with E-state index < -0.39 is 6.04 Å². The van der Waals surface area contributed by atoms with Gasteiger partial charge in [0.05, 0.1) is 12.3 Å². The van der Waals surface area contributed by atoms with Gasteiger partial charge in [0.15, 0.2) is 5.78 Å². The van der Waals surface area contributed by atoms with Crippen LogP contribution in [0.2, 0.25) is 0 Å². The van der Waals surface area contributed by atoms with Gasteiger partial charge in [-0.1, -0.05) is 18.2 Å². The fourth-order valence-corrected chi connectivity index (χ4v) is 2.39. The average Bonchev–Trinajstić information content (AvgIpc) is 3.04. The Labute approximate surface area is 141 Å². The third-order valence-corrected chi connectivity index (χ3v) is 3.64. The summed E-state index contributed by atoms with van der Waals surface area (Å²) in [4.78, 5) is 24.1. The van der Waals surface area contributed by atoms with E-state index in [9.17, 15) is 9.59 Å². The number of Topliss-reactive ketones (excluding diaryl/α,β-unsaturated/α-hetero) is 1. The molecule has 24 heavy (non-hydrogen) atoms. The van der Waals surface area contributed by atoms with Crippen molar-refractivity contribution in [3.8, 4) is 0 Å². The molecule has 0 unspecified atom stereocenters. The quantitative estimate of drug-likeness (QED) is 0.650. The van der Waals surface area contributed by atoms with Gasteiger partial charge in [0.1, 0.15) is 11.8 Å². The minimum Gasteiger partial charge on any atom is -0.396 e. The Morgan fingerprint density at radius 3 is 2.75 bits per heavy atom. The van der Waals surface area contributed by atoms with Crippen LogP contribution in [0, 0.1) is 0 Å². The van der Waals surface area contributed by atoms with Crippen molar-refractivity contribution in [1.29, 1.82) is 0 Å². The SMILES string of the molecule is CC(=O)[C@@H]1CC(C(=O)NCCOCCCO)=NN1c1ccccc1. The summed E-state index contributed by atoms with van der Waals surface area (Å²) in [6.07, 6.45) is 0.869. The third-order valence-electron chi connectivity index (χ3n) is 3.64. The molecule has 2 rings (SSSR count). The number of nitrogens with one attached hydrogen (secondary N) is 1. The maximum Gasteiger partial charge on any atom is 0.267 e. The molecule has 1 atom stereocenters. The number of aliphatic hydroxyl groups excluding tert-OH is 1. The van der Waals surface area contributed by atoms with Gasteiger partial charge in [-0.25, -0.2) is 0 Å². The third kappa shape index (κ3) is 4.87. The standard InChI is InChI=1S/C17H23N3O4/c1-13(22)16-12-15(17(23)18-8-11-24-10-5-9-21)19-20(16)14-6-3-2-4-7-14/h2-4,6-7,16,21H,5,8-12H2,1H3,(H,18,23)/t16-/m0/s1. The normalized spacial score (nSPS) is 16.8. The van der Waals surface area contributed by atoms with Crippen molar-refractivity contribution in [2.45, 2.75) is 25.8 Å². The molecular formula is C17H23N3O4. The van der Waals surface area contributed by atoms with Crippen LogP contribution in [0.25, 0.3) is 0 Å². The Morgan fingerprint density at radius 2 is 2.08 bits per heavy atom. The van der Waals surface area contributed by atoms with Crippen LogP contribution in [0.1, 0.15) is 19.8 Å². The van der Waals surface area contributed by atoms with Gasteiger partial charge in [-0.2, -0.15) is 5.10 Å². The van der Waals surface area contributed by atoms with Crippen molar-refractivity contribution >= 4 is 23.1 Å². The predicted molar refractivity (Wildman–Crippen MR) is 91.0 cm³/mol. The first kappa shape index (κ1) is 18.1. The molecule has 1 aliphatic rings. The molecule has 0 saturated heterocycles. The molecule has 1 aliphatic heterocycles. The van der Waals surface area contributed by atoms with Crippen LogP contribution in [0.3, 0.4) is 0 Å². The number of hydrogen-bond donors (Lipinski definition) is 2. The zero-order valence-corrected chi connectivity index (χ0v) is 13.8. The minimum atomic E-state index is -0.450. The molecule has 0 aliphatic carbocycles. The first-order chi connectivity index (χ1) is 11.6. The van der Waals surface area contributed by atoms with Crippen LogP contribution in [-0.4, -0.2) is 54.9 Å². The number of ketones is 1. The largest absolute Gasteiger partial charge is 0.396 e. The molecule has 0 spiro atoms. The summed E-state index contributed by atoms with van der Waals surface area (Å²) in [5.74, 6) is -0.317. The molecule has 0 saturated carbocycles. The molecule has 2 N–H and O–H groups in total. The van der Waals surface area contributed by atoms with Crippen LogP contribution >= 0.6 is 0 Å². The van der Waals surface area contributed by atoms with Gasteiger partial charge < -0.3 is 15.2 Å². The number of hydrogen-bond acceptors (Lipinski definition) is 6. The van der Waals surface area contributed by atoms with Gasteiger partial charge in [-0.05, 0) is 25.5 Å². The lowest BCUT2D eigenvalue weighted by molar-refractivity contribution is -0.118. The molecule has 7 heteroatoms. The number of anilines is 1. The van der Waals surface area contributed by atoms with Gasteiger partial charge >= 0.3 is 0 Å². The second-order valence-corrected chi connectivity index (χ2v) is 5.50. The monoisotopic (exact) mass is 333 g/mol. The van der Waals surface area contributed by atoms with Crippen molar-refractivity contribution < 1.29 is 19.4 Å². The average molecular weight is 333 g/mol. The van der Waals surface area contributed by atoms with Gasteiger partial charge in [-0.15, -0.1) is 0 Å². The summed E-state index contributed by atoms with van der Waals surface area (Å²) in [6, 6.07) is 8.88. The molecule has 0 aromatic heterocycles. The van der Waals surface area contributed by atoms with Crippen LogP contribution in [-0.2, 0) is 14.3 Å². The van der Waals surface area contributed by atoms with Crippen molar-refractivity contribution in [1.82, 2.24) is 5.32 Å². The summed E-state index contributed by atoms with van der Waals surface area (Å²) in [7, 11) is 0. The zero-order valence-electron chi connectivity index (χ0n) is 13.8. The number of nitrogens with zero attached hydrogens (tertiary/aromatic N) is 2. The number of rotatable bonds is 9. The maximum absolute atomic E-state index is 12.2. The summed E-state index contributed by atoms with van der Waals surface area (Å²) in [5.41, 5.74) is 1.13. The highest BCUT2D eigenvalue weighted by molar-refractivity contribution is 6.40. The fraction of sp³-hybridized carbons (Fsp3) is 0.471. The molecule has 1 aromatic rings. The Morgan fingerprint density at radius 1 is 1.33 bits per heavy atom. The molecule has 7 nitrogen and oxygen atoms in total. The van der Waals surface area contributed by atoms with E-state index in [1.807, 2.05) is 30.3 Å². The Kier molecular flexibility index (Phi) is 6.89. The van der Waals surface area contributed by atoms with Crippen LogP contribution in [0.4, 0.5) is 5.69 Å². The van der Waals surface area contributed by atoms with E-state index in [0.29, 0.717) is 38.3 Å². The number of ether oxygens (including phenoxy) is 1. The minimum absolute atomic E-state index is 0.0299. The number of carbonyl (C=O) groups is 2. The molecule has 0 fully saturated rings. The summed E-state index contributed by atoms with van der Waals surface area (Å²) in [5, 5.41) is 17.3. The van der Waals surface area contributed by atoms with Crippen molar-refractivity contribution in [2.24, 2.45) is 5.10 Å². The topological polar surface area (TPSA) is 91.2 Å². The van der Waals surface area contributed by atoms with Gasteiger partial charge in [-0.3, -0.25) is 14.6 Å². The molecule has 130 valence electrons. The van der Waals surface area contributed by atoms with E-state index in [1.165, 1.54) is 6.92 Å². The predicted octanol–water partition coefficient (Wildman–Crippen LogP) is 0.726. The van der Waals surface area contributed by atoms with Gasteiger partial charge in [0.2, 0.25) is 0 Å². The van der Waals surface area contributed by atoms with Crippen molar-refractivity contribution in [3.05, 3.63) is 30.3 Å². The van der Waals surface area contributed by atoms with Crippen molar-refractivity contribution in [2.75, 3.05) is 31.4 Å². The maximum atomic E-state index is 12.2. The number of benzene rings is 1. The highest BCUT2D eigenvalue weighted by atomic mass is 16.5. The lowest BCUT2D eigenvalue weighted by Gasteiger charge is -2.20. The zero-order chi connectivity index (χ0) is 17.4. The van der Waals surface area contributed by atoms with Gasteiger partial charge in [0.25, 0.3) is 5.91 Å². The van der Waals surface area contributed by atoms with Crippen LogP contribution < -0.4 is 10.3 Å². The number of aliphatic hydroxyl groups is 1. The highest BCUT2D eigenvalue weighted by Crippen LogP contribution is 2.24. The fourth-order valence-electron chi connectivity index (χ4n) is 2.39. The molecule has 0 radical (unpaired) electrons. The van der Waals surface area contributed by atoms with Crippen molar-refractivity contribution in [3.63, 3.8) is 0 Å². The molecule has 1 heterocycles. The number of amides is 1. The second kappa shape index (κ2) is 9.14. The van der Waals surface area contributed by atoms with Crippen LogP contribution in [0.5, 0.6) is 0 Å². The number of para-hydroxylation sites is 1. The summed E-state index contributed by atoms with van der Waals surface area (Å²) >= 11 is 0. The first-order valence-electron chi connectivity index (χ1n) is 8.02. The summed E-state index contributed by atoms with van der Waals surface area (Å²) in [6.45, 7) is 2.79. The lowest BCUT2D eigenvalue weighted by Crippen LogP contribution is -2.35. The van der Waals surface area contributed by atoms with E-state index in [-0.39, 0.29) is 18.3 Å². The Balaban J connectivity index is 1.92. The van der Waals surface area contributed by atoms with E-state index in [0.717, 1.165) is 5.69 Å². The first-order valence-corrected chi connectivity index (χ1v) is 8.02. The Bertz CT molecular complexity index is 589. The highest BCUT2D eigenvalue weighted by Gasteiger charge is 2.33. The Hall–Kier alpha value is -2.25. The number of hydrazone groups is 1.